The summed E-state index contributed by atoms with van der Waals surface area (Å²) in [7, 11) is -1.66. The standard InChI is InChI=1S/C15H33N3O2S/c1-4-11-16-12-6-13-18(3)21(19,20)17-15-8-5-7-14(2)9-10-15/h14-17H,4-13H2,1-3H3. The lowest BCUT2D eigenvalue weighted by Crippen LogP contribution is -2.44. The highest BCUT2D eigenvalue weighted by Crippen LogP contribution is 2.23. The summed E-state index contributed by atoms with van der Waals surface area (Å²) < 4.78 is 29.0. The van der Waals surface area contributed by atoms with Gasteiger partial charge < -0.3 is 5.32 Å². The van der Waals surface area contributed by atoms with Gasteiger partial charge in [0.2, 0.25) is 0 Å². The van der Waals surface area contributed by atoms with Crippen molar-refractivity contribution in [2.45, 2.75) is 64.8 Å². The van der Waals surface area contributed by atoms with Gasteiger partial charge in [0.15, 0.2) is 0 Å². The molecule has 0 bridgehead atoms. The molecule has 2 unspecified atom stereocenters. The molecule has 0 aliphatic heterocycles. The normalized spacial score (nSPS) is 24.2. The Bertz CT molecular complexity index is 373. The van der Waals surface area contributed by atoms with Crippen molar-refractivity contribution in [3.8, 4) is 0 Å². The third-order valence-electron chi connectivity index (χ3n) is 4.24. The van der Waals surface area contributed by atoms with Crippen LogP contribution in [-0.2, 0) is 10.2 Å². The minimum absolute atomic E-state index is 0.112. The number of rotatable bonds is 9. The van der Waals surface area contributed by atoms with Crippen molar-refractivity contribution in [2.24, 2.45) is 5.92 Å². The summed E-state index contributed by atoms with van der Waals surface area (Å²) >= 11 is 0. The molecule has 0 spiro atoms. The topological polar surface area (TPSA) is 61.4 Å². The molecule has 0 radical (unpaired) electrons. The molecule has 0 saturated heterocycles. The Hall–Kier alpha value is -0.170. The first-order chi connectivity index (χ1) is 9.95. The summed E-state index contributed by atoms with van der Waals surface area (Å²) in [6, 6.07) is 0.112. The molecule has 126 valence electrons. The fourth-order valence-corrected chi connectivity index (χ4v) is 3.96. The molecule has 2 atom stereocenters. The van der Waals surface area contributed by atoms with Crippen LogP contribution in [-0.4, -0.2) is 45.4 Å². The SMILES string of the molecule is CCCNCCCN(C)S(=O)(=O)NC1CCCC(C)CC1. The highest BCUT2D eigenvalue weighted by molar-refractivity contribution is 7.87. The molecular weight excluding hydrogens is 286 g/mol. The minimum Gasteiger partial charge on any atom is -0.317 e. The first-order valence-corrected chi connectivity index (χ1v) is 9.84. The van der Waals surface area contributed by atoms with Crippen LogP contribution in [0.25, 0.3) is 0 Å². The van der Waals surface area contributed by atoms with Gasteiger partial charge in [0.05, 0.1) is 0 Å². The Kier molecular flexibility index (Phi) is 8.78. The van der Waals surface area contributed by atoms with Crippen molar-refractivity contribution in [1.29, 1.82) is 0 Å². The zero-order valence-corrected chi connectivity index (χ0v) is 14.7. The van der Waals surface area contributed by atoms with E-state index in [1.807, 2.05) is 0 Å². The monoisotopic (exact) mass is 319 g/mol. The van der Waals surface area contributed by atoms with Gasteiger partial charge >= 0.3 is 0 Å². The van der Waals surface area contributed by atoms with Gasteiger partial charge in [0.1, 0.15) is 0 Å². The third kappa shape index (κ3) is 7.58. The maximum atomic E-state index is 12.3. The largest absolute Gasteiger partial charge is 0.317 e. The molecule has 1 aliphatic rings. The van der Waals surface area contributed by atoms with Crippen LogP contribution in [0.5, 0.6) is 0 Å². The smallest absolute Gasteiger partial charge is 0.279 e. The molecule has 2 N–H and O–H groups in total. The second-order valence-electron chi connectivity index (χ2n) is 6.36. The molecule has 0 aromatic carbocycles. The first-order valence-electron chi connectivity index (χ1n) is 8.40. The van der Waals surface area contributed by atoms with E-state index in [-0.39, 0.29) is 6.04 Å². The Morgan fingerprint density at radius 1 is 1.14 bits per heavy atom. The predicted molar refractivity (Wildman–Crippen MR) is 88.5 cm³/mol. The maximum absolute atomic E-state index is 12.3. The summed E-state index contributed by atoms with van der Waals surface area (Å²) in [5.41, 5.74) is 0. The summed E-state index contributed by atoms with van der Waals surface area (Å²) in [6.45, 7) is 6.81. The number of nitrogens with zero attached hydrogens (tertiary/aromatic N) is 1. The van der Waals surface area contributed by atoms with E-state index < -0.39 is 10.2 Å². The average Bonchev–Trinajstić information content (AvgIpc) is 2.63. The van der Waals surface area contributed by atoms with Crippen molar-refractivity contribution >= 4 is 10.2 Å². The van der Waals surface area contributed by atoms with Crippen molar-refractivity contribution < 1.29 is 8.42 Å². The van der Waals surface area contributed by atoms with E-state index in [0.29, 0.717) is 6.54 Å². The van der Waals surface area contributed by atoms with E-state index in [2.05, 4.69) is 23.9 Å². The zero-order valence-electron chi connectivity index (χ0n) is 13.9. The van der Waals surface area contributed by atoms with E-state index in [9.17, 15) is 8.42 Å². The van der Waals surface area contributed by atoms with E-state index in [1.165, 1.54) is 10.7 Å². The maximum Gasteiger partial charge on any atom is 0.279 e. The predicted octanol–water partition coefficient (Wildman–Crippen LogP) is 2.11. The van der Waals surface area contributed by atoms with Crippen LogP contribution >= 0.6 is 0 Å². The van der Waals surface area contributed by atoms with Gasteiger partial charge in [-0.25, -0.2) is 0 Å². The molecule has 0 aromatic heterocycles. The van der Waals surface area contributed by atoms with Crippen LogP contribution in [0.2, 0.25) is 0 Å². The highest BCUT2D eigenvalue weighted by atomic mass is 32.2. The van der Waals surface area contributed by atoms with Crippen LogP contribution in [0.1, 0.15) is 58.8 Å². The summed E-state index contributed by atoms with van der Waals surface area (Å²) in [6.07, 6.45) is 7.35. The molecular formula is C15H33N3O2S. The minimum atomic E-state index is -3.33. The number of hydrogen-bond acceptors (Lipinski definition) is 3. The molecule has 6 heteroatoms. The fraction of sp³-hybridized carbons (Fsp3) is 1.00. The Morgan fingerprint density at radius 3 is 2.62 bits per heavy atom. The number of nitrogens with one attached hydrogen (secondary N) is 2. The van der Waals surface area contributed by atoms with Crippen molar-refractivity contribution in [3.05, 3.63) is 0 Å². The van der Waals surface area contributed by atoms with Gasteiger partial charge in [0.25, 0.3) is 10.2 Å². The van der Waals surface area contributed by atoms with Crippen LogP contribution in [0, 0.1) is 5.92 Å². The van der Waals surface area contributed by atoms with Crippen molar-refractivity contribution in [3.63, 3.8) is 0 Å². The van der Waals surface area contributed by atoms with Gasteiger partial charge in [0, 0.05) is 19.6 Å². The molecule has 1 saturated carbocycles. The van der Waals surface area contributed by atoms with Crippen molar-refractivity contribution in [2.75, 3.05) is 26.7 Å². The summed E-state index contributed by atoms with van der Waals surface area (Å²) in [5.74, 6) is 0.724. The Labute approximate surface area is 131 Å². The van der Waals surface area contributed by atoms with E-state index >= 15 is 0 Å². The van der Waals surface area contributed by atoms with Crippen LogP contribution in [0.15, 0.2) is 0 Å². The van der Waals surface area contributed by atoms with Gasteiger partial charge in [-0.3, -0.25) is 0 Å². The molecule has 1 aliphatic carbocycles. The van der Waals surface area contributed by atoms with Gasteiger partial charge in [-0.15, -0.1) is 0 Å². The lowest BCUT2D eigenvalue weighted by molar-refractivity contribution is 0.424. The molecule has 1 rings (SSSR count). The van der Waals surface area contributed by atoms with Gasteiger partial charge in [-0.1, -0.05) is 26.7 Å². The first kappa shape index (κ1) is 18.9. The quantitative estimate of drug-likeness (QED) is 0.505. The number of hydrogen-bond donors (Lipinski definition) is 2. The second kappa shape index (κ2) is 9.77. The fourth-order valence-electron chi connectivity index (χ4n) is 2.75. The van der Waals surface area contributed by atoms with E-state index in [1.54, 1.807) is 7.05 Å². The molecule has 0 heterocycles. The molecule has 5 nitrogen and oxygen atoms in total. The van der Waals surface area contributed by atoms with E-state index in [4.69, 9.17) is 0 Å². The Balaban J connectivity index is 2.33. The average molecular weight is 320 g/mol. The molecule has 1 fully saturated rings. The Morgan fingerprint density at radius 2 is 1.90 bits per heavy atom. The van der Waals surface area contributed by atoms with Gasteiger partial charge in [-0.05, 0) is 51.1 Å². The van der Waals surface area contributed by atoms with Crippen molar-refractivity contribution in [1.82, 2.24) is 14.3 Å². The second-order valence-corrected chi connectivity index (χ2v) is 8.17. The highest BCUT2D eigenvalue weighted by Gasteiger charge is 2.24. The summed E-state index contributed by atoms with van der Waals surface area (Å²) in [4.78, 5) is 0. The molecule has 0 amide bonds. The van der Waals surface area contributed by atoms with Gasteiger partial charge in [-0.2, -0.15) is 17.4 Å². The van der Waals surface area contributed by atoms with E-state index in [0.717, 1.165) is 57.5 Å². The summed E-state index contributed by atoms with van der Waals surface area (Å²) in [5, 5.41) is 3.29. The van der Waals surface area contributed by atoms with Crippen LogP contribution < -0.4 is 10.0 Å². The lowest BCUT2D eigenvalue weighted by Gasteiger charge is -2.22. The molecule has 21 heavy (non-hydrogen) atoms. The molecule has 0 aromatic rings. The van der Waals surface area contributed by atoms with Crippen LogP contribution in [0.3, 0.4) is 0 Å². The zero-order chi connectivity index (χ0) is 15.7. The van der Waals surface area contributed by atoms with Crippen LogP contribution in [0.4, 0.5) is 0 Å². The third-order valence-corrected chi connectivity index (χ3v) is 5.87. The lowest BCUT2D eigenvalue weighted by atomic mass is 10.0.